The second-order valence-corrected chi connectivity index (χ2v) is 3.55. The van der Waals surface area contributed by atoms with Crippen LogP contribution in [-0.4, -0.2) is 25.5 Å². The van der Waals surface area contributed by atoms with Gasteiger partial charge in [-0.2, -0.15) is 0 Å². The summed E-state index contributed by atoms with van der Waals surface area (Å²) in [5, 5.41) is 0. The van der Waals surface area contributed by atoms with E-state index in [1.165, 1.54) is 0 Å². The summed E-state index contributed by atoms with van der Waals surface area (Å²) in [5.41, 5.74) is 0. The second kappa shape index (κ2) is 6.01. The molecule has 0 radical (unpaired) electrons. The maximum Gasteiger partial charge on any atom is 0.00438 e. The second-order valence-electron chi connectivity index (χ2n) is 3.55. The molecule has 0 rings (SSSR count). The predicted octanol–water partition coefficient (Wildman–Crippen LogP) is 2.56. The van der Waals surface area contributed by atoms with Gasteiger partial charge in [0.15, 0.2) is 0 Å². The minimum absolute atomic E-state index is 0.559. The normalized spacial score (nSPS) is 16.8. The van der Waals surface area contributed by atoms with E-state index in [1.807, 2.05) is 6.08 Å². The Balaban J connectivity index is 4.11. The Hall–Kier alpha value is -0.560. The van der Waals surface area contributed by atoms with Crippen molar-refractivity contribution >= 4 is 0 Å². The molecule has 0 aliphatic heterocycles. The van der Waals surface area contributed by atoms with Crippen LogP contribution in [0.4, 0.5) is 0 Å². The Morgan fingerprint density at radius 1 is 1.42 bits per heavy atom. The molecule has 0 bridgehead atoms. The number of hydrogen-bond donors (Lipinski definition) is 0. The molecule has 0 heterocycles. The summed E-state index contributed by atoms with van der Waals surface area (Å²) in [6, 6.07) is 0. The summed E-state index contributed by atoms with van der Waals surface area (Å²) >= 11 is 0. The highest BCUT2D eigenvalue weighted by Crippen LogP contribution is 2.14. The largest absolute Gasteiger partial charge is 0.309 e. The maximum atomic E-state index is 3.82. The standard InChI is InChI=1S/C11H21N/c1-6-8-11(9-12(4)5)10(3)7-2/h6-8,10-11H,2,9H2,1,3-5H3. The van der Waals surface area contributed by atoms with Gasteiger partial charge in [0.05, 0.1) is 0 Å². The lowest BCUT2D eigenvalue weighted by Crippen LogP contribution is -2.24. The van der Waals surface area contributed by atoms with Crippen LogP contribution in [0.3, 0.4) is 0 Å². The zero-order valence-corrected chi connectivity index (χ0v) is 8.75. The number of rotatable bonds is 5. The van der Waals surface area contributed by atoms with Crippen LogP contribution in [0.15, 0.2) is 24.8 Å². The van der Waals surface area contributed by atoms with Gasteiger partial charge >= 0.3 is 0 Å². The molecule has 0 N–H and O–H groups in total. The topological polar surface area (TPSA) is 3.24 Å². The molecule has 2 atom stereocenters. The van der Waals surface area contributed by atoms with Crippen LogP contribution in [0.2, 0.25) is 0 Å². The minimum atomic E-state index is 0.559. The average molecular weight is 167 g/mol. The Labute approximate surface area is 76.8 Å². The van der Waals surface area contributed by atoms with Crippen LogP contribution in [0.25, 0.3) is 0 Å². The summed E-state index contributed by atoms with van der Waals surface area (Å²) < 4.78 is 0. The van der Waals surface area contributed by atoms with Crippen LogP contribution in [0, 0.1) is 11.8 Å². The predicted molar refractivity (Wildman–Crippen MR) is 56.2 cm³/mol. The zero-order chi connectivity index (χ0) is 9.56. The highest BCUT2D eigenvalue weighted by Gasteiger charge is 2.11. The van der Waals surface area contributed by atoms with Crippen molar-refractivity contribution in [1.29, 1.82) is 0 Å². The number of allylic oxidation sites excluding steroid dienone is 2. The Bertz CT molecular complexity index is 147. The molecule has 2 unspecified atom stereocenters. The van der Waals surface area contributed by atoms with Crippen LogP contribution in [0.1, 0.15) is 13.8 Å². The third-order valence-corrected chi connectivity index (χ3v) is 2.06. The van der Waals surface area contributed by atoms with Crippen LogP contribution < -0.4 is 0 Å². The van der Waals surface area contributed by atoms with E-state index < -0.39 is 0 Å². The molecule has 0 saturated carbocycles. The van der Waals surface area contributed by atoms with Crippen molar-refractivity contribution in [2.24, 2.45) is 11.8 Å². The third kappa shape index (κ3) is 4.35. The Morgan fingerprint density at radius 3 is 2.33 bits per heavy atom. The van der Waals surface area contributed by atoms with Gasteiger partial charge < -0.3 is 4.90 Å². The van der Waals surface area contributed by atoms with Crippen LogP contribution in [-0.2, 0) is 0 Å². The van der Waals surface area contributed by atoms with Gasteiger partial charge in [-0.15, -0.1) is 6.58 Å². The molecule has 1 nitrogen and oxygen atoms in total. The summed E-state index contributed by atoms with van der Waals surface area (Å²) in [6.45, 7) is 9.19. The first-order valence-corrected chi connectivity index (χ1v) is 4.52. The van der Waals surface area contributed by atoms with Crippen molar-refractivity contribution < 1.29 is 0 Å². The van der Waals surface area contributed by atoms with Gasteiger partial charge in [0.1, 0.15) is 0 Å². The van der Waals surface area contributed by atoms with Gasteiger partial charge in [0.25, 0.3) is 0 Å². The summed E-state index contributed by atoms with van der Waals surface area (Å²) in [4.78, 5) is 2.21. The molecule has 12 heavy (non-hydrogen) atoms. The van der Waals surface area contributed by atoms with Gasteiger partial charge in [-0.1, -0.05) is 25.2 Å². The van der Waals surface area contributed by atoms with Crippen molar-refractivity contribution in [2.75, 3.05) is 20.6 Å². The summed E-state index contributed by atoms with van der Waals surface area (Å²) in [5.74, 6) is 1.16. The number of hydrogen-bond acceptors (Lipinski definition) is 1. The molecule has 0 aliphatic rings. The summed E-state index contributed by atoms with van der Waals surface area (Å²) in [6.07, 6.45) is 6.40. The lowest BCUT2D eigenvalue weighted by atomic mass is 9.93. The van der Waals surface area contributed by atoms with Gasteiger partial charge in [0, 0.05) is 6.54 Å². The van der Waals surface area contributed by atoms with Crippen LogP contribution in [0.5, 0.6) is 0 Å². The van der Waals surface area contributed by atoms with E-state index in [4.69, 9.17) is 0 Å². The van der Waals surface area contributed by atoms with Gasteiger partial charge in [0.2, 0.25) is 0 Å². The zero-order valence-electron chi connectivity index (χ0n) is 8.75. The molecule has 1 heteroatoms. The van der Waals surface area contributed by atoms with E-state index in [2.05, 4.69) is 51.6 Å². The highest BCUT2D eigenvalue weighted by atomic mass is 15.1. The monoisotopic (exact) mass is 167 g/mol. The first-order chi connectivity index (χ1) is 5.61. The van der Waals surface area contributed by atoms with Crippen molar-refractivity contribution in [3.63, 3.8) is 0 Å². The lowest BCUT2D eigenvalue weighted by Gasteiger charge is -2.21. The van der Waals surface area contributed by atoms with Crippen molar-refractivity contribution in [3.8, 4) is 0 Å². The smallest absolute Gasteiger partial charge is 0.00438 e. The molecule has 0 aromatic rings. The molecule has 0 aromatic carbocycles. The highest BCUT2D eigenvalue weighted by molar-refractivity contribution is 4.95. The van der Waals surface area contributed by atoms with Crippen molar-refractivity contribution in [1.82, 2.24) is 4.90 Å². The molecule has 70 valence electrons. The van der Waals surface area contributed by atoms with Crippen LogP contribution >= 0.6 is 0 Å². The third-order valence-electron chi connectivity index (χ3n) is 2.06. The molecule has 0 amide bonds. The molecule has 0 fully saturated rings. The molecule has 0 aliphatic carbocycles. The first kappa shape index (κ1) is 11.4. The lowest BCUT2D eigenvalue weighted by molar-refractivity contribution is 0.325. The molecular formula is C11H21N. The van der Waals surface area contributed by atoms with E-state index in [1.54, 1.807) is 0 Å². The quantitative estimate of drug-likeness (QED) is 0.569. The maximum absolute atomic E-state index is 3.82. The van der Waals surface area contributed by atoms with E-state index in [-0.39, 0.29) is 0 Å². The average Bonchev–Trinajstić information content (AvgIpc) is 2.01. The molecular weight excluding hydrogens is 146 g/mol. The van der Waals surface area contributed by atoms with E-state index in [0.29, 0.717) is 11.8 Å². The Morgan fingerprint density at radius 2 is 2.00 bits per heavy atom. The van der Waals surface area contributed by atoms with E-state index >= 15 is 0 Å². The van der Waals surface area contributed by atoms with E-state index in [0.717, 1.165) is 6.54 Å². The van der Waals surface area contributed by atoms with Gasteiger partial charge in [-0.05, 0) is 32.9 Å². The van der Waals surface area contributed by atoms with Gasteiger partial charge in [-0.3, -0.25) is 0 Å². The fraction of sp³-hybridized carbons (Fsp3) is 0.636. The first-order valence-electron chi connectivity index (χ1n) is 4.52. The molecule has 0 aromatic heterocycles. The van der Waals surface area contributed by atoms with E-state index in [9.17, 15) is 0 Å². The Kier molecular flexibility index (Phi) is 5.73. The van der Waals surface area contributed by atoms with Gasteiger partial charge in [-0.25, -0.2) is 0 Å². The SMILES string of the molecule is C=CC(C)C(C=CC)CN(C)C. The minimum Gasteiger partial charge on any atom is -0.309 e. The van der Waals surface area contributed by atoms with Crippen molar-refractivity contribution in [3.05, 3.63) is 24.8 Å². The molecule has 0 spiro atoms. The number of nitrogens with zero attached hydrogens (tertiary/aromatic N) is 1. The fourth-order valence-electron chi connectivity index (χ4n) is 1.25. The summed E-state index contributed by atoms with van der Waals surface area (Å²) in [7, 11) is 4.21. The fourth-order valence-corrected chi connectivity index (χ4v) is 1.25. The molecule has 0 saturated heterocycles. The van der Waals surface area contributed by atoms with Crippen molar-refractivity contribution in [2.45, 2.75) is 13.8 Å².